The maximum atomic E-state index is 10.6. The number of nitrogens with zero attached hydrogens (tertiary/aromatic N) is 2. The van der Waals surface area contributed by atoms with E-state index in [0.29, 0.717) is 5.75 Å². The van der Waals surface area contributed by atoms with Crippen LogP contribution in [0.25, 0.3) is 0 Å². The number of nitro groups is 1. The normalized spacial score (nSPS) is 11.8. The molecule has 1 unspecified atom stereocenters. The quantitative estimate of drug-likeness (QED) is 0.517. The number of aromatic nitrogens is 1. The van der Waals surface area contributed by atoms with E-state index >= 15 is 0 Å². The minimum atomic E-state index is -0.495. The van der Waals surface area contributed by atoms with Crippen LogP contribution in [0.15, 0.2) is 42.7 Å². The van der Waals surface area contributed by atoms with Gasteiger partial charge in [-0.2, -0.15) is 0 Å². The molecule has 0 bridgehead atoms. The van der Waals surface area contributed by atoms with Crippen LogP contribution in [0.4, 0.5) is 11.4 Å². The van der Waals surface area contributed by atoms with Gasteiger partial charge in [0, 0.05) is 30.1 Å². The molecule has 0 radical (unpaired) electrons. The van der Waals surface area contributed by atoms with E-state index in [9.17, 15) is 10.1 Å². The third-order valence-electron chi connectivity index (χ3n) is 2.66. The fourth-order valence-electron chi connectivity index (χ4n) is 1.63. The Morgan fingerprint density at radius 1 is 1.42 bits per heavy atom. The number of ether oxygens (including phenoxy) is 1. The second-order valence-electron chi connectivity index (χ2n) is 4.03. The molecular weight excluding hydrogens is 246 g/mol. The lowest BCUT2D eigenvalue weighted by atomic mass is 10.2. The molecule has 6 nitrogen and oxygen atoms in total. The molecule has 0 aliphatic heterocycles. The number of rotatable bonds is 4. The Balaban J connectivity index is 2.18. The second-order valence-corrected chi connectivity index (χ2v) is 4.03. The number of pyridine rings is 1. The largest absolute Gasteiger partial charge is 0.484 e. The highest BCUT2D eigenvalue weighted by atomic mass is 16.6. The van der Waals surface area contributed by atoms with Gasteiger partial charge in [-0.15, -0.1) is 0 Å². The predicted octanol–water partition coefficient (Wildman–Crippen LogP) is 2.71. The molecule has 2 aromatic rings. The summed E-state index contributed by atoms with van der Waals surface area (Å²) >= 11 is 0. The van der Waals surface area contributed by atoms with Crippen LogP contribution in [0.5, 0.6) is 5.75 Å². The van der Waals surface area contributed by atoms with Crippen molar-refractivity contribution in [3.05, 3.63) is 58.4 Å². The molecule has 0 aliphatic rings. The van der Waals surface area contributed by atoms with Crippen LogP contribution in [-0.2, 0) is 0 Å². The van der Waals surface area contributed by atoms with Crippen molar-refractivity contribution in [1.29, 1.82) is 0 Å². The summed E-state index contributed by atoms with van der Waals surface area (Å²) < 4.78 is 5.68. The molecule has 0 saturated heterocycles. The van der Waals surface area contributed by atoms with Gasteiger partial charge in [0.1, 0.15) is 11.9 Å². The monoisotopic (exact) mass is 259 g/mol. The van der Waals surface area contributed by atoms with Crippen LogP contribution in [0, 0.1) is 10.1 Å². The van der Waals surface area contributed by atoms with Gasteiger partial charge in [0.05, 0.1) is 10.6 Å². The molecule has 0 spiro atoms. The molecule has 2 rings (SSSR count). The fraction of sp³-hybridized carbons (Fsp3) is 0.154. The van der Waals surface area contributed by atoms with Gasteiger partial charge in [0.25, 0.3) is 5.69 Å². The van der Waals surface area contributed by atoms with Gasteiger partial charge in [0.2, 0.25) is 0 Å². The van der Waals surface area contributed by atoms with Crippen molar-refractivity contribution in [2.24, 2.45) is 0 Å². The molecule has 6 heteroatoms. The Kier molecular flexibility index (Phi) is 3.61. The highest BCUT2D eigenvalue weighted by molar-refractivity contribution is 5.58. The van der Waals surface area contributed by atoms with Gasteiger partial charge in [-0.25, -0.2) is 0 Å². The van der Waals surface area contributed by atoms with E-state index in [4.69, 9.17) is 10.5 Å². The second kappa shape index (κ2) is 5.34. The molecular formula is C13H13N3O3. The topological polar surface area (TPSA) is 91.3 Å². The SMILES string of the molecule is CC(Oc1ccc([N+](=O)[O-])cc1N)c1cccnc1. The molecule has 0 aliphatic carbocycles. The van der Waals surface area contributed by atoms with E-state index in [0.717, 1.165) is 5.56 Å². The van der Waals surface area contributed by atoms with Crippen LogP contribution in [-0.4, -0.2) is 9.91 Å². The summed E-state index contributed by atoms with van der Waals surface area (Å²) in [5.74, 6) is 0.418. The van der Waals surface area contributed by atoms with Crippen molar-refractivity contribution >= 4 is 11.4 Å². The lowest BCUT2D eigenvalue weighted by molar-refractivity contribution is -0.384. The number of nitrogens with two attached hydrogens (primary N) is 1. The summed E-state index contributed by atoms with van der Waals surface area (Å²) in [6, 6.07) is 7.85. The van der Waals surface area contributed by atoms with Gasteiger partial charge < -0.3 is 10.5 Å². The van der Waals surface area contributed by atoms with Crippen LogP contribution >= 0.6 is 0 Å². The first-order valence-electron chi connectivity index (χ1n) is 5.68. The molecule has 2 N–H and O–H groups in total. The maximum Gasteiger partial charge on any atom is 0.271 e. The average molecular weight is 259 g/mol. The zero-order valence-electron chi connectivity index (χ0n) is 10.3. The standard InChI is InChI=1S/C13H13N3O3/c1-9(10-3-2-6-15-8-10)19-13-5-4-11(16(17)18)7-12(13)14/h2-9H,14H2,1H3. The zero-order chi connectivity index (χ0) is 13.8. The van der Waals surface area contributed by atoms with Crippen molar-refractivity contribution < 1.29 is 9.66 Å². The molecule has 0 amide bonds. The van der Waals surface area contributed by atoms with Crippen molar-refractivity contribution in [2.45, 2.75) is 13.0 Å². The van der Waals surface area contributed by atoms with Crippen LogP contribution < -0.4 is 10.5 Å². The summed E-state index contributed by atoms with van der Waals surface area (Å²) in [6.45, 7) is 1.86. The Morgan fingerprint density at radius 2 is 2.21 bits per heavy atom. The number of benzene rings is 1. The lowest BCUT2D eigenvalue weighted by Crippen LogP contribution is -2.05. The minimum Gasteiger partial charge on any atom is -0.484 e. The first-order chi connectivity index (χ1) is 9.08. The van der Waals surface area contributed by atoms with E-state index < -0.39 is 4.92 Å². The van der Waals surface area contributed by atoms with Gasteiger partial charge >= 0.3 is 0 Å². The van der Waals surface area contributed by atoms with Crippen LogP contribution in [0.3, 0.4) is 0 Å². The molecule has 98 valence electrons. The maximum absolute atomic E-state index is 10.6. The van der Waals surface area contributed by atoms with Crippen molar-refractivity contribution in [2.75, 3.05) is 5.73 Å². The Labute approximate surface area is 110 Å². The number of anilines is 1. The first-order valence-corrected chi connectivity index (χ1v) is 5.68. The number of nitro benzene ring substituents is 1. The summed E-state index contributed by atoms with van der Waals surface area (Å²) in [4.78, 5) is 14.1. The average Bonchev–Trinajstić information content (AvgIpc) is 2.41. The fourth-order valence-corrected chi connectivity index (χ4v) is 1.63. The van der Waals surface area contributed by atoms with E-state index in [-0.39, 0.29) is 17.5 Å². The van der Waals surface area contributed by atoms with Crippen molar-refractivity contribution in [3.63, 3.8) is 0 Å². The summed E-state index contributed by atoms with van der Waals surface area (Å²) in [6.07, 6.45) is 3.14. The van der Waals surface area contributed by atoms with E-state index in [1.165, 1.54) is 18.2 Å². The molecule has 19 heavy (non-hydrogen) atoms. The molecule has 1 heterocycles. The number of hydrogen-bond acceptors (Lipinski definition) is 5. The minimum absolute atomic E-state index is 0.0566. The number of nitrogen functional groups attached to an aromatic ring is 1. The Bertz CT molecular complexity index is 587. The van der Waals surface area contributed by atoms with Gasteiger partial charge in [0.15, 0.2) is 0 Å². The third-order valence-corrected chi connectivity index (χ3v) is 2.66. The summed E-state index contributed by atoms with van der Waals surface area (Å²) in [5, 5.41) is 10.6. The van der Waals surface area contributed by atoms with Gasteiger partial charge in [-0.05, 0) is 19.1 Å². The molecule has 0 saturated carbocycles. The third kappa shape index (κ3) is 2.98. The van der Waals surface area contributed by atoms with E-state index in [1.54, 1.807) is 12.4 Å². The molecule has 1 aromatic carbocycles. The van der Waals surface area contributed by atoms with Crippen molar-refractivity contribution in [3.8, 4) is 5.75 Å². The smallest absolute Gasteiger partial charge is 0.271 e. The van der Waals surface area contributed by atoms with Gasteiger partial charge in [-0.1, -0.05) is 6.07 Å². The zero-order valence-corrected chi connectivity index (χ0v) is 10.3. The molecule has 1 atom stereocenters. The predicted molar refractivity (Wildman–Crippen MR) is 70.8 cm³/mol. The van der Waals surface area contributed by atoms with Crippen LogP contribution in [0.1, 0.15) is 18.6 Å². The van der Waals surface area contributed by atoms with Crippen LogP contribution in [0.2, 0.25) is 0 Å². The summed E-state index contributed by atoms with van der Waals surface area (Å²) in [5.41, 5.74) is 6.83. The molecule has 1 aromatic heterocycles. The Hall–Kier alpha value is -2.63. The highest BCUT2D eigenvalue weighted by Crippen LogP contribution is 2.30. The summed E-state index contributed by atoms with van der Waals surface area (Å²) in [7, 11) is 0. The lowest BCUT2D eigenvalue weighted by Gasteiger charge is -2.15. The van der Waals surface area contributed by atoms with E-state index in [2.05, 4.69) is 4.98 Å². The highest BCUT2D eigenvalue weighted by Gasteiger charge is 2.13. The number of hydrogen-bond donors (Lipinski definition) is 1. The Morgan fingerprint density at radius 3 is 2.79 bits per heavy atom. The van der Waals surface area contributed by atoms with Crippen molar-refractivity contribution in [1.82, 2.24) is 4.98 Å². The van der Waals surface area contributed by atoms with E-state index in [1.807, 2.05) is 19.1 Å². The first kappa shape index (κ1) is 12.8. The molecule has 0 fully saturated rings. The number of non-ortho nitro benzene ring substituents is 1. The van der Waals surface area contributed by atoms with Gasteiger partial charge in [-0.3, -0.25) is 15.1 Å².